The van der Waals surface area contributed by atoms with Crippen LogP contribution in [0.4, 0.5) is 0 Å². The zero-order valence-corrected chi connectivity index (χ0v) is 18.4. The van der Waals surface area contributed by atoms with E-state index >= 15 is 0 Å². The summed E-state index contributed by atoms with van der Waals surface area (Å²) in [6.45, 7) is 0. The molecule has 0 unspecified atom stereocenters. The molecule has 4 heteroatoms. The third-order valence-electron chi connectivity index (χ3n) is 4.60. The van der Waals surface area contributed by atoms with Crippen LogP contribution in [0.15, 0.2) is 121 Å². The van der Waals surface area contributed by atoms with Crippen molar-refractivity contribution in [3.8, 4) is 11.5 Å². The van der Waals surface area contributed by atoms with Crippen molar-refractivity contribution in [3.63, 3.8) is 0 Å². The number of para-hydroxylation sites is 2. The van der Waals surface area contributed by atoms with E-state index in [-0.39, 0.29) is 0 Å². The minimum absolute atomic E-state index is 0.584. The second kappa shape index (κ2) is 8.41. The molecule has 0 saturated heterocycles. The first-order valence-corrected chi connectivity index (χ1v) is 13.8. The van der Waals surface area contributed by atoms with Gasteiger partial charge in [0.2, 0.25) is 0 Å². The van der Waals surface area contributed by atoms with E-state index in [2.05, 4.69) is 39.8 Å². The number of hydrogen-bond acceptors (Lipinski definition) is 2. The zero-order chi connectivity index (χ0) is 20.0. The fraction of sp³-hybridized carbons (Fsp3) is 0.0400. The first kappa shape index (κ1) is 19.7. The van der Waals surface area contributed by atoms with Crippen LogP contribution in [0.1, 0.15) is 5.56 Å². The molecule has 2 nitrogen and oxygen atoms in total. The monoisotopic (exact) mass is 464 g/mol. The average Bonchev–Trinajstić information content (AvgIpc) is 2.76. The molecule has 0 aliphatic carbocycles. The van der Waals surface area contributed by atoms with E-state index in [4.69, 9.17) is 9.05 Å². The summed E-state index contributed by atoms with van der Waals surface area (Å²) in [5.74, 6) is -2.07. The Hall–Kier alpha value is -2.61. The number of rotatable bonds is 7. The van der Waals surface area contributed by atoms with Crippen LogP contribution in [-0.4, -0.2) is 0 Å². The molecule has 4 aromatic rings. The van der Waals surface area contributed by atoms with Gasteiger partial charge in [-0.25, -0.2) is 0 Å². The Morgan fingerprint density at radius 1 is 0.517 bits per heavy atom. The normalized spacial score (nSPS) is 12.5. The molecule has 146 valence electrons. The molecule has 0 heterocycles. The van der Waals surface area contributed by atoms with Gasteiger partial charge in [-0.05, 0) is 0 Å². The molecule has 0 aliphatic heterocycles. The van der Waals surface area contributed by atoms with Crippen LogP contribution in [0, 0.1) is 0 Å². The SMILES string of the molecule is BrP(Cc1ccccc1)(Oc1ccccc1)(Oc1ccccc1)c1ccccc1. The number of hydrogen-bond donors (Lipinski definition) is 0. The van der Waals surface area contributed by atoms with Crippen molar-refractivity contribution >= 4 is 26.6 Å². The van der Waals surface area contributed by atoms with E-state index in [1.807, 2.05) is 97.1 Å². The molecule has 0 amide bonds. The van der Waals surface area contributed by atoms with Crippen molar-refractivity contribution in [3.05, 3.63) is 127 Å². The molecular formula is C25H22BrO2P. The van der Waals surface area contributed by atoms with Crippen LogP contribution < -0.4 is 14.4 Å². The molecule has 29 heavy (non-hydrogen) atoms. The van der Waals surface area contributed by atoms with Gasteiger partial charge in [0.15, 0.2) is 0 Å². The van der Waals surface area contributed by atoms with Crippen LogP contribution in [0.3, 0.4) is 0 Å². The van der Waals surface area contributed by atoms with E-state index in [1.54, 1.807) is 0 Å². The summed E-state index contributed by atoms with van der Waals surface area (Å²) in [6.07, 6.45) is 0.584. The molecule has 0 N–H and O–H groups in total. The molecule has 0 radical (unpaired) electrons. The summed E-state index contributed by atoms with van der Waals surface area (Å²) in [5.41, 5.74) is 1.14. The van der Waals surface area contributed by atoms with Crippen molar-refractivity contribution in [1.82, 2.24) is 0 Å². The quantitative estimate of drug-likeness (QED) is 0.266. The fourth-order valence-corrected chi connectivity index (χ4v) is 9.06. The molecular weight excluding hydrogens is 443 g/mol. The zero-order valence-electron chi connectivity index (χ0n) is 15.9. The van der Waals surface area contributed by atoms with Gasteiger partial charge in [-0.2, -0.15) is 0 Å². The van der Waals surface area contributed by atoms with Gasteiger partial charge in [0.1, 0.15) is 0 Å². The Labute approximate surface area is 180 Å². The van der Waals surface area contributed by atoms with Crippen LogP contribution in [-0.2, 0) is 6.16 Å². The van der Waals surface area contributed by atoms with Crippen LogP contribution in [0.5, 0.6) is 11.5 Å². The summed E-state index contributed by atoms with van der Waals surface area (Å²) >= 11 is 4.10. The van der Waals surface area contributed by atoms with E-state index < -0.39 is 5.76 Å². The Balaban J connectivity index is 1.90. The Morgan fingerprint density at radius 3 is 1.34 bits per heavy atom. The summed E-state index contributed by atoms with van der Waals surface area (Å²) in [4.78, 5) is 0. The van der Waals surface area contributed by atoms with E-state index in [1.165, 1.54) is 0 Å². The molecule has 0 fully saturated rings. The first-order valence-electron chi connectivity index (χ1n) is 9.48. The first-order chi connectivity index (χ1) is 14.1. The van der Waals surface area contributed by atoms with Crippen molar-refractivity contribution < 1.29 is 9.05 Å². The van der Waals surface area contributed by atoms with Crippen molar-refractivity contribution in [1.29, 1.82) is 0 Å². The van der Waals surface area contributed by atoms with Crippen molar-refractivity contribution in [2.45, 2.75) is 6.16 Å². The fourth-order valence-electron chi connectivity index (χ4n) is 3.27. The van der Waals surface area contributed by atoms with E-state index in [9.17, 15) is 0 Å². The third kappa shape index (κ3) is 4.53. The Kier molecular flexibility index (Phi) is 5.71. The molecule has 0 aliphatic rings. The molecule has 0 atom stereocenters. The summed E-state index contributed by atoms with van der Waals surface area (Å²) in [6, 6.07) is 40.2. The number of halogens is 1. The average molecular weight is 465 g/mol. The predicted octanol–water partition coefficient (Wildman–Crippen LogP) is 7.36. The Morgan fingerprint density at radius 2 is 0.897 bits per heavy atom. The van der Waals surface area contributed by atoms with Crippen LogP contribution in [0.25, 0.3) is 0 Å². The minimum atomic E-state index is -3.59. The topological polar surface area (TPSA) is 18.5 Å². The molecule has 4 rings (SSSR count). The van der Waals surface area contributed by atoms with Gasteiger partial charge in [-0.3, -0.25) is 0 Å². The van der Waals surface area contributed by atoms with Gasteiger partial charge in [0, 0.05) is 0 Å². The Bertz CT molecular complexity index is 937. The van der Waals surface area contributed by atoms with E-state index in [0.717, 1.165) is 22.4 Å². The van der Waals surface area contributed by atoms with E-state index in [0.29, 0.717) is 6.16 Å². The molecule has 0 aromatic heterocycles. The second-order valence-electron chi connectivity index (χ2n) is 6.80. The van der Waals surface area contributed by atoms with Crippen molar-refractivity contribution in [2.24, 2.45) is 0 Å². The van der Waals surface area contributed by atoms with Gasteiger partial charge in [-0.1, -0.05) is 0 Å². The third-order valence-corrected chi connectivity index (χ3v) is 10.8. The summed E-state index contributed by atoms with van der Waals surface area (Å²) in [7, 11) is 0. The second-order valence-corrected chi connectivity index (χ2v) is 14.3. The van der Waals surface area contributed by atoms with Gasteiger partial charge >= 0.3 is 180 Å². The molecule has 0 saturated carbocycles. The molecule has 0 bridgehead atoms. The molecule has 4 aromatic carbocycles. The summed E-state index contributed by atoms with van der Waals surface area (Å²) in [5, 5.41) is 0.995. The van der Waals surface area contributed by atoms with Gasteiger partial charge in [-0.15, -0.1) is 0 Å². The number of benzene rings is 4. The molecule has 0 spiro atoms. The standard InChI is InChI=1S/C25H22BrO2P/c26-29(25-19-11-4-12-20-25,21-22-13-5-1-6-14-22,27-23-15-7-2-8-16-23)28-24-17-9-3-10-18-24/h1-20H,21H2. The van der Waals surface area contributed by atoms with Crippen LogP contribution in [0.2, 0.25) is 0 Å². The summed E-state index contributed by atoms with van der Waals surface area (Å²) < 4.78 is 13.6. The maximum absolute atomic E-state index is 6.81. The van der Waals surface area contributed by atoms with Gasteiger partial charge in [0.25, 0.3) is 0 Å². The predicted molar refractivity (Wildman–Crippen MR) is 126 cm³/mol. The maximum atomic E-state index is 6.81. The van der Waals surface area contributed by atoms with Crippen molar-refractivity contribution in [2.75, 3.05) is 0 Å². The van der Waals surface area contributed by atoms with Gasteiger partial charge < -0.3 is 0 Å². The van der Waals surface area contributed by atoms with Gasteiger partial charge in [0.05, 0.1) is 0 Å². The van der Waals surface area contributed by atoms with Crippen LogP contribution >= 0.6 is 21.2 Å².